The minimum absolute atomic E-state index is 0.0168. The van der Waals surface area contributed by atoms with E-state index in [0.717, 1.165) is 5.69 Å². The van der Waals surface area contributed by atoms with Crippen molar-refractivity contribution in [2.45, 2.75) is 19.0 Å². The lowest BCUT2D eigenvalue weighted by molar-refractivity contribution is -0.141. The number of methoxy groups -OCH3 is 1. The van der Waals surface area contributed by atoms with E-state index in [1.807, 2.05) is 24.3 Å². The Kier molecular flexibility index (Phi) is 5.80. The van der Waals surface area contributed by atoms with Crippen LogP contribution in [0.5, 0.6) is 0 Å². The molecule has 1 atom stereocenters. The van der Waals surface area contributed by atoms with Crippen LogP contribution in [0.3, 0.4) is 0 Å². The zero-order valence-corrected chi connectivity index (χ0v) is 12.4. The Hall–Kier alpha value is -2.53. The number of benzene rings is 1. The van der Waals surface area contributed by atoms with E-state index >= 15 is 0 Å². The first-order valence-electron chi connectivity index (χ1n) is 7.00. The van der Waals surface area contributed by atoms with Gasteiger partial charge in [-0.05, 0) is 12.1 Å². The first-order chi connectivity index (χ1) is 10.7. The van der Waals surface area contributed by atoms with Crippen LogP contribution in [-0.4, -0.2) is 29.9 Å². The predicted octanol–water partition coefficient (Wildman–Crippen LogP) is 1.99. The molecule has 0 aliphatic carbocycles. The molecule has 2 aromatic rings. The molecule has 0 spiro atoms. The molecule has 22 heavy (non-hydrogen) atoms. The third-order valence-electron chi connectivity index (χ3n) is 3.23. The number of ether oxygens (including phenoxy) is 1. The summed E-state index contributed by atoms with van der Waals surface area (Å²) in [5.74, 6) is -0.565. The summed E-state index contributed by atoms with van der Waals surface area (Å²) in [6.45, 7) is 0.404. The number of hydrogen-bond acceptors (Lipinski definition) is 5. The SMILES string of the molecule is COC(=O)CC(NCc1ccccn1)C(=O)c1ccccc1. The van der Waals surface area contributed by atoms with E-state index in [-0.39, 0.29) is 12.2 Å². The highest BCUT2D eigenvalue weighted by atomic mass is 16.5. The first kappa shape index (κ1) is 15.9. The molecular formula is C17H18N2O3. The fraction of sp³-hybridized carbons (Fsp3) is 0.235. The largest absolute Gasteiger partial charge is 0.469 e. The van der Waals surface area contributed by atoms with Crippen LogP contribution in [0.15, 0.2) is 54.7 Å². The molecule has 5 heteroatoms. The molecule has 1 aromatic carbocycles. The lowest BCUT2D eigenvalue weighted by Gasteiger charge is -2.16. The maximum Gasteiger partial charge on any atom is 0.307 e. The zero-order chi connectivity index (χ0) is 15.8. The van der Waals surface area contributed by atoms with Gasteiger partial charge in [0.2, 0.25) is 0 Å². The maximum absolute atomic E-state index is 12.5. The molecule has 5 nitrogen and oxygen atoms in total. The number of esters is 1. The monoisotopic (exact) mass is 298 g/mol. The van der Waals surface area contributed by atoms with Crippen molar-refractivity contribution in [2.24, 2.45) is 0 Å². The van der Waals surface area contributed by atoms with Crippen LogP contribution in [0.4, 0.5) is 0 Å². The van der Waals surface area contributed by atoms with Gasteiger partial charge in [-0.1, -0.05) is 36.4 Å². The number of Topliss-reactive ketones (excluding diaryl/α,β-unsaturated/α-hetero) is 1. The highest BCUT2D eigenvalue weighted by Gasteiger charge is 2.23. The molecule has 0 aliphatic heterocycles. The number of hydrogen-bond donors (Lipinski definition) is 1. The van der Waals surface area contributed by atoms with E-state index in [1.54, 1.807) is 30.5 Å². The van der Waals surface area contributed by atoms with Crippen molar-refractivity contribution in [1.29, 1.82) is 0 Å². The van der Waals surface area contributed by atoms with Gasteiger partial charge in [-0.25, -0.2) is 0 Å². The second-order valence-electron chi connectivity index (χ2n) is 4.77. The van der Waals surface area contributed by atoms with Crippen molar-refractivity contribution in [3.05, 3.63) is 66.0 Å². The molecule has 0 saturated heterocycles. The van der Waals surface area contributed by atoms with Gasteiger partial charge in [0, 0.05) is 18.3 Å². The molecular weight excluding hydrogens is 280 g/mol. The molecule has 0 fully saturated rings. The van der Waals surface area contributed by atoms with E-state index in [2.05, 4.69) is 15.0 Å². The van der Waals surface area contributed by atoms with Crippen LogP contribution in [0.25, 0.3) is 0 Å². The van der Waals surface area contributed by atoms with E-state index in [9.17, 15) is 9.59 Å². The van der Waals surface area contributed by atoms with Gasteiger partial charge in [-0.15, -0.1) is 0 Å². The summed E-state index contributed by atoms with van der Waals surface area (Å²) in [5.41, 5.74) is 1.36. The number of rotatable bonds is 7. The number of nitrogens with one attached hydrogen (secondary N) is 1. The van der Waals surface area contributed by atoms with Crippen LogP contribution >= 0.6 is 0 Å². The molecule has 0 radical (unpaired) electrons. The third kappa shape index (κ3) is 4.49. The summed E-state index contributed by atoms with van der Waals surface area (Å²) in [5, 5.41) is 3.09. The van der Waals surface area contributed by atoms with Crippen LogP contribution in [0.1, 0.15) is 22.5 Å². The smallest absolute Gasteiger partial charge is 0.307 e. The second-order valence-corrected chi connectivity index (χ2v) is 4.77. The van der Waals surface area contributed by atoms with Crippen LogP contribution in [0.2, 0.25) is 0 Å². The van der Waals surface area contributed by atoms with Crippen LogP contribution in [-0.2, 0) is 16.1 Å². The Labute approximate surface area is 129 Å². The zero-order valence-electron chi connectivity index (χ0n) is 12.4. The fourth-order valence-corrected chi connectivity index (χ4v) is 2.04. The van der Waals surface area contributed by atoms with Crippen LogP contribution < -0.4 is 5.32 Å². The Morgan fingerprint density at radius 3 is 2.50 bits per heavy atom. The van der Waals surface area contributed by atoms with Crippen molar-refractivity contribution in [1.82, 2.24) is 10.3 Å². The Morgan fingerprint density at radius 2 is 1.86 bits per heavy atom. The van der Waals surface area contributed by atoms with Crippen molar-refractivity contribution in [3.63, 3.8) is 0 Å². The first-order valence-corrected chi connectivity index (χ1v) is 7.00. The predicted molar refractivity (Wildman–Crippen MR) is 82.3 cm³/mol. The van der Waals surface area contributed by atoms with Crippen molar-refractivity contribution in [2.75, 3.05) is 7.11 Å². The average molecular weight is 298 g/mol. The Balaban J connectivity index is 2.08. The number of aromatic nitrogens is 1. The molecule has 0 bridgehead atoms. The highest BCUT2D eigenvalue weighted by Crippen LogP contribution is 2.08. The summed E-state index contributed by atoms with van der Waals surface area (Å²) < 4.78 is 4.67. The normalized spacial score (nSPS) is 11.7. The van der Waals surface area contributed by atoms with Gasteiger partial charge in [0.15, 0.2) is 5.78 Å². The molecule has 2 rings (SSSR count). The number of pyridine rings is 1. The van der Waals surface area contributed by atoms with Crippen molar-refractivity contribution >= 4 is 11.8 Å². The van der Waals surface area contributed by atoms with Gasteiger partial charge in [-0.2, -0.15) is 0 Å². The number of carbonyl (C=O) groups excluding carboxylic acids is 2. The lowest BCUT2D eigenvalue weighted by atomic mass is 10.0. The van der Waals surface area contributed by atoms with Gasteiger partial charge >= 0.3 is 5.97 Å². The van der Waals surface area contributed by atoms with E-state index in [0.29, 0.717) is 12.1 Å². The fourth-order valence-electron chi connectivity index (χ4n) is 2.04. The van der Waals surface area contributed by atoms with Gasteiger partial charge < -0.3 is 10.1 Å². The summed E-state index contributed by atoms with van der Waals surface area (Å²) in [7, 11) is 1.31. The Morgan fingerprint density at radius 1 is 1.14 bits per heavy atom. The summed E-state index contributed by atoms with van der Waals surface area (Å²) >= 11 is 0. The van der Waals surface area contributed by atoms with E-state index in [4.69, 9.17) is 0 Å². The molecule has 0 amide bonds. The third-order valence-corrected chi connectivity index (χ3v) is 3.23. The molecule has 114 valence electrons. The standard InChI is InChI=1S/C17H18N2O3/c1-22-16(20)11-15(17(21)13-7-3-2-4-8-13)19-12-14-9-5-6-10-18-14/h2-10,15,19H,11-12H2,1H3. The van der Waals surface area contributed by atoms with E-state index < -0.39 is 12.0 Å². The Bertz CT molecular complexity index is 614. The summed E-state index contributed by atoms with van der Waals surface area (Å²) in [4.78, 5) is 28.3. The van der Waals surface area contributed by atoms with Crippen molar-refractivity contribution in [3.8, 4) is 0 Å². The van der Waals surface area contributed by atoms with E-state index in [1.165, 1.54) is 7.11 Å². The average Bonchev–Trinajstić information content (AvgIpc) is 2.59. The molecule has 0 saturated carbocycles. The molecule has 0 aliphatic rings. The summed E-state index contributed by atoms with van der Waals surface area (Å²) in [6.07, 6.45) is 1.67. The molecule has 1 unspecified atom stereocenters. The molecule has 1 aromatic heterocycles. The number of carbonyl (C=O) groups is 2. The van der Waals surface area contributed by atoms with Gasteiger partial charge in [0.1, 0.15) is 0 Å². The number of nitrogens with zero attached hydrogens (tertiary/aromatic N) is 1. The lowest BCUT2D eigenvalue weighted by Crippen LogP contribution is -2.38. The molecule has 1 heterocycles. The summed E-state index contributed by atoms with van der Waals surface area (Å²) in [6, 6.07) is 13.8. The maximum atomic E-state index is 12.5. The molecule has 1 N–H and O–H groups in total. The second kappa shape index (κ2) is 8.05. The number of ketones is 1. The van der Waals surface area contributed by atoms with Gasteiger partial charge in [0.05, 0.1) is 25.3 Å². The minimum Gasteiger partial charge on any atom is -0.469 e. The quantitative estimate of drug-likeness (QED) is 0.625. The van der Waals surface area contributed by atoms with Gasteiger partial charge in [-0.3, -0.25) is 14.6 Å². The highest BCUT2D eigenvalue weighted by molar-refractivity contribution is 6.01. The van der Waals surface area contributed by atoms with Crippen LogP contribution in [0, 0.1) is 0 Å². The minimum atomic E-state index is -0.642. The topological polar surface area (TPSA) is 68.3 Å². The van der Waals surface area contributed by atoms with Gasteiger partial charge in [0.25, 0.3) is 0 Å². The van der Waals surface area contributed by atoms with Crippen molar-refractivity contribution < 1.29 is 14.3 Å².